The highest BCUT2D eigenvalue weighted by molar-refractivity contribution is 6.30. The number of aliphatic hydroxyl groups excluding tert-OH is 1. The maximum Gasteiger partial charge on any atom is 0.336 e. The molecule has 0 aliphatic rings. The summed E-state index contributed by atoms with van der Waals surface area (Å²) in [7, 11) is 1.12. The molecule has 1 aromatic carbocycles. The Hall–Kier alpha value is -1.92. The molecule has 1 N–H and O–H groups in total. The van der Waals surface area contributed by atoms with Crippen molar-refractivity contribution in [2.75, 3.05) is 7.11 Å². The fraction of sp³-hybridized carbons (Fsp3) is 0.182. The molecule has 0 spiro atoms. The van der Waals surface area contributed by atoms with Crippen LogP contribution in [0, 0.1) is 10.1 Å². The Bertz CT molecular complexity index is 514. The second-order valence-corrected chi connectivity index (χ2v) is 3.82. The summed E-state index contributed by atoms with van der Waals surface area (Å²) in [5, 5.41) is 20.9. The minimum atomic E-state index is -1.54. The van der Waals surface area contributed by atoms with Crippen LogP contribution in [0.1, 0.15) is 11.7 Å². The Morgan fingerprint density at radius 1 is 1.61 bits per heavy atom. The van der Waals surface area contributed by atoms with E-state index in [9.17, 15) is 20.0 Å². The van der Waals surface area contributed by atoms with Gasteiger partial charge in [-0.3, -0.25) is 10.1 Å². The number of benzene rings is 1. The van der Waals surface area contributed by atoms with Crippen molar-refractivity contribution in [3.05, 3.63) is 51.1 Å². The van der Waals surface area contributed by atoms with Crippen molar-refractivity contribution in [2.24, 2.45) is 0 Å². The van der Waals surface area contributed by atoms with Crippen molar-refractivity contribution in [3.8, 4) is 0 Å². The van der Waals surface area contributed by atoms with Crippen LogP contribution in [-0.4, -0.2) is 23.1 Å². The fourth-order valence-corrected chi connectivity index (χ4v) is 1.52. The normalized spacial score (nSPS) is 11.7. The van der Waals surface area contributed by atoms with Gasteiger partial charge >= 0.3 is 5.97 Å². The number of carbonyl (C=O) groups is 1. The van der Waals surface area contributed by atoms with Crippen LogP contribution in [0.5, 0.6) is 0 Å². The van der Waals surface area contributed by atoms with Gasteiger partial charge in [-0.2, -0.15) is 0 Å². The van der Waals surface area contributed by atoms with Gasteiger partial charge in [-0.1, -0.05) is 18.2 Å². The van der Waals surface area contributed by atoms with E-state index in [1.165, 1.54) is 12.1 Å². The molecule has 0 bridgehead atoms. The Morgan fingerprint density at radius 3 is 2.72 bits per heavy atom. The van der Waals surface area contributed by atoms with Gasteiger partial charge in [0, 0.05) is 11.1 Å². The molecule has 18 heavy (non-hydrogen) atoms. The SMILES string of the molecule is C=C(C(=O)OC)C(O)c1cc(Cl)ccc1[N+](=O)[O-]. The van der Waals surface area contributed by atoms with Crippen molar-refractivity contribution in [1.29, 1.82) is 0 Å². The molecule has 0 saturated heterocycles. The Labute approximate surface area is 108 Å². The lowest BCUT2D eigenvalue weighted by Crippen LogP contribution is -2.13. The Kier molecular flexibility index (Phi) is 4.41. The maximum atomic E-state index is 11.2. The maximum absolute atomic E-state index is 11.2. The van der Waals surface area contributed by atoms with Gasteiger partial charge in [0.05, 0.1) is 23.2 Å². The van der Waals surface area contributed by atoms with Gasteiger partial charge in [-0.25, -0.2) is 4.79 Å². The van der Waals surface area contributed by atoms with Gasteiger partial charge < -0.3 is 9.84 Å². The third-order valence-electron chi connectivity index (χ3n) is 2.26. The zero-order valence-electron chi connectivity index (χ0n) is 9.42. The van der Waals surface area contributed by atoms with E-state index in [0.717, 1.165) is 13.2 Å². The molecule has 1 atom stereocenters. The van der Waals surface area contributed by atoms with Crippen molar-refractivity contribution in [3.63, 3.8) is 0 Å². The molecular weight excluding hydrogens is 262 g/mol. The highest BCUT2D eigenvalue weighted by Crippen LogP contribution is 2.31. The van der Waals surface area contributed by atoms with Crippen LogP contribution in [0.3, 0.4) is 0 Å². The van der Waals surface area contributed by atoms with E-state index in [1.54, 1.807) is 0 Å². The third kappa shape index (κ3) is 2.85. The summed E-state index contributed by atoms with van der Waals surface area (Å²) < 4.78 is 4.38. The number of aliphatic hydroxyl groups is 1. The average molecular weight is 272 g/mol. The second-order valence-electron chi connectivity index (χ2n) is 3.38. The summed E-state index contributed by atoms with van der Waals surface area (Å²) in [4.78, 5) is 21.3. The first-order valence-corrected chi connectivity index (χ1v) is 5.15. The summed E-state index contributed by atoms with van der Waals surface area (Å²) in [6.07, 6.45) is -1.54. The molecule has 0 amide bonds. The van der Waals surface area contributed by atoms with Crippen LogP contribution < -0.4 is 0 Å². The number of nitro benzene ring substituents is 1. The van der Waals surface area contributed by atoms with Crippen LogP contribution in [-0.2, 0) is 9.53 Å². The monoisotopic (exact) mass is 271 g/mol. The zero-order valence-corrected chi connectivity index (χ0v) is 10.2. The number of ether oxygens (including phenoxy) is 1. The molecule has 0 fully saturated rings. The topological polar surface area (TPSA) is 89.7 Å². The van der Waals surface area contributed by atoms with Gasteiger partial charge in [-0.15, -0.1) is 0 Å². The first-order chi connectivity index (χ1) is 8.38. The van der Waals surface area contributed by atoms with Crippen molar-refractivity contribution >= 4 is 23.3 Å². The Balaban J connectivity index is 3.23. The summed E-state index contributed by atoms with van der Waals surface area (Å²) in [6.45, 7) is 3.34. The van der Waals surface area contributed by atoms with E-state index in [0.29, 0.717) is 0 Å². The number of halogens is 1. The van der Waals surface area contributed by atoms with Crippen LogP contribution in [0.25, 0.3) is 0 Å². The number of methoxy groups -OCH3 is 1. The van der Waals surface area contributed by atoms with E-state index < -0.39 is 17.0 Å². The van der Waals surface area contributed by atoms with Gasteiger partial charge in [0.15, 0.2) is 0 Å². The summed E-state index contributed by atoms with van der Waals surface area (Å²) in [5.74, 6) is -0.850. The molecule has 1 aromatic rings. The average Bonchev–Trinajstić information content (AvgIpc) is 2.35. The van der Waals surface area contributed by atoms with E-state index in [4.69, 9.17) is 11.6 Å². The van der Waals surface area contributed by atoms with Gasteiger partial charge in [0.2, 0.25) is 0 Å². The standard InChI is InChI=1S/C11H10ClNO5/c1-6(11(15)18-2)10(14)8-5-7(12)3-4-9(8)13(16)17/h3-5,10,14H,1H2,2H3. The number of hydrogen-bond acceptors (Lipinski definition) is 5. The van der Waals surface area contributed by atoms with Crippen molar-refractivity contribution < 1.29 is 19.6 Å². The molecule has 0 radical (unpaired) electrons. The van der Waals surface area contributed by atoms with Gasteiger partial charge in [-0.05, 0) is 12.1 Å². The van der Waals surface area contributed by atoms with Gasteiger partial charge in [0.25, 0.3) is 5.69 Å². The lowest BCUT2D eigenvalue weighted by atomic mass is 10.0. The minimum Gasteiger partial charge on any atom is -0.466 e. The van der Waals surface area contributed by atoms with Crippen molar-refractivity contribution in [1.82, 2.24) is 0 Å². The summed E-state index contributed by atoms with van der Waals surface area (Å²) >= 11 is 5.70. The first-order valence-electron chi connectivity index (χ1n) is 4.77. The van der Waals surface area contributed by atoms with E-state index in [-0.39, 0.29) is 21.8 Å². The summed E-state index contributed by atoms with van der Waals surface area (Å²) in [6, 6.07) is 3.67. The van der Waals surface area contributed by atoms with Crippen LogP contribution in [0.15, 0.2) is 30.4 Å². The molecule has 7 heteroatoms. The predicted molar refractivity (Wildman–Crippen MR) is 64.2 cm³/mol. The minimum absolute atomic E-state index is 0.108. The smallest absolute Gasteiger partial charge is 0.336 e. The van der Waals surface area contributed by atoms with Crippen LogP contribution >= 0.6 is 11.6 Å². The highest BCUT2D eigenvalue weighted by atomic mass is 35.5. The number of carbonyl (C=O) groups excluding carboxylic acids is 1. The highest BCUT2D eigenvalue weighted by Gasteiger charge is 2.26. The number of nitrogens with zero attached hydrogens (tertiary/aromatic N) is 1. The number of rotatable bonds is 4. The molecular formula is C11H10ClNO5. The predicted octanol–water partition coefficient (Wildman–Crippen LogP) is 2.01. The Morgan fingerprint density at radius 2 is 2.22 bits per heavy atom. The molecule has 0 aliphatic carbocycles. The largest absolute Gasteiger partial charge is 0.466 e. The number of hydrogen-bond donors (Lipinski definition) is 1. The molecule has 1 unspecified atom stereocenters. The molecule has 0 aromatic heterocycles. The molecule has 0 heterocycles. The van der Waals surface area contributed by atoms with Gasteiger partial charge in [0.1, 0.15) is 6.10 Å². The number of esters is 1. The summed E-state index contributed by atoms with van der Waals surface area (Å²) in [5.41, 5.74) is -0.761. The molecule has 6 nitrogen and oxygen atoms in total. The van der Waals surface area contributed by atoms with Crippen LogP contribution in [0.2, 0.25) is 5.02 Å². The zero-order chi connectivity index (χ0) is 13.9. The third-order valence-corrected chi connectivity index (χ3v) is 2.49. The van der Waals surface area contributed by atoms with E-state index in [2.05, 4.69) is 11.3 Å². The van der Waals surface area contributed by atoms with Crippen LogP contribution in [0.4, 0.5) is 5.69 Å². The molecule has 0 saturated carbocycles. The second kappa shape index (κ2) is 5.61. The van der Waals surface area contributed by atoms with Crippen molar-refractivity contribution in [2.45, 2.75) is 6.10 Å². The molecule has 0 aliphatic heterocycles. The van der Waals surface area contributed by atoms with E-state index >= 15 is 0 Å². The fourth-order valence-electron chi connectivity index (χ4n) is 1.34. The number of nitro groups is 1. The lowest BCUT2D eigenvalue weighted by molar-refractivity contribution is -0.386. The first kappa shape index (κ1) is 14.1. The molecule has 96 valence electrons. The lowest BCUT2D eigenvalue weighted by Gasteiger charge is -2.12. The van der Waals surface area contributed by atoms with E-state index in [1.807, 2.05) is 0 Å². The molecule has 1 rings (SSSR count). The quantitative estimate of drug-likeness (QED) is 0.391.